The minimum absolute atomic E-state index is 0.0866. The molecule has 0 aliphatic rings. The Morgan fingerprint density at radius 1 is 1.04 bits per heavy atom. The van der Waals surface area contributed by atoms with Crippen molar-refractivity contribution in [3.8, 4) is 17.2 Å². The van der Waals surface area contributed by atoms with Gasteiger partial charge in [-0.15, -0.1) is 0 Å². The number of ether oxygens (including phenoxy) is 3. The molecule has 23 heavy (non-hydrogen) atoms. The number of methoxy groups -OCH3 is 2. The number of nitrogens with one attached hydrogen (secondary N) is 1. The van der Waals surface area contributed by atoms with E-state index in [1.165, 1.54) is 0 Å². The van der Waals surface area contributed by atoms with Crippen LogP contribution < -0.4 is 19.5 Å². The topological polar surface area (TPSA) is 39.7 Å². The quantitative estimate of drug-likeness (QED) is 0.744. The van der Waals surface area contributed by atoms with E-state index in [-0.39, 0.29) is 6.10 Å². The Kier molecular flexibility index (Phi) is 6.16. The van der Waals surface area contributed by atoms with Crippen LogP contribution >= 0.6 is 15.9 Å². The molecule has 0 bridgehead atoms. The van der Waals surface area contributed by atoms with E-state index < -0.39 is 0 Å². The van der Waals surface area contributed by atoms with Crippen molar-refractivity contribution in [2.24, 2.45) is 0 Å². The predicted octanol–water partition coefficient (Wildman–Crippen LogP) is 4.87. The molecule has 5 heteroatoms. The second-order valence-corrected chi connectivity index (χ2v) is 6.21. The van der Waals surface area contributed by atoms with Crippen molar-refractivity contribution in [2.75, 3.05) is 19.5 Å². The molecule has 1 N–H and O–H groups in total. The van der Waals surface area contributed by atoms with Crippen LogP contribution in [0.5, 0.6) is 17.2 Å². The Balaban J connectivity index is 2.11. The standard InChI is InChI=1S/C18H22BrNO3/c1-12(2)23-18-16(19)9-13(10-17(18)22-4)11-20-14-5-7-15(21-3)8-6-14/h5-10,12,20H,11H2,1-4H3. The predicted molar refractivity (Wildman–Crippen MR) is 96.8 cm³/mol. The number of anilines is 1. The molecule has 0 saturated heterocycles. The monoisotopic (exact) mass is 379 g/mol. The van der Waals surface area contributed by atoms with Crippen molar-refractivity contribution in [1.82, 2.24) is 0 Å². The van der Waals surface area contributed by atoms with Gasteiger partial charge in [0.25, 0.3) is 0 Å². The summed E-state index contributed by atoms with van der Waals surface area (Å²) in [5.41, 5.74) is 2.13. The molecule has 124 valence electrons. The molecule has 0 fully saturated rings. The van der Waals surface area contributed by atoms with Crippen LogP contribution in [0.15, 0.2) is 40.9 Å². The number of halogens is 1. The van der Waals surface area contributed by atoms with Crippen molar-refractivity contribution < 1.29 is 14.2 Å². The van der Waals surface area contributed by atoms with Gasteiger partial charge in [0.05, 0.1) is 24.8 Å². The largest absolute Gasteiger partial charge is 0.497 e. The SMILES string of the molecule is COc1ccc(NCc2cc(Br)c(OC(C)C)c(OC)c2)cc1. The van der Waals surface area contributed by atoms with E-state index in [2.05, 4.69) is 21.2 Å². The Labute approximate surface area is 145 Å². The average Bonchev–Trinajstić information content (AvgIpc) is 2.55. The summed E-state index contributed by atoms with van der Waals surface area (Å²) in [5, 5.41) is 3.38. The highest BCUT2D eigenvalue weighted by Crippen LogP contribution is 2.37. The van der Waals surface area contributed by atoms with Crippen LogP contribution in [0, 0.1) is 0 Å². The number of hydrogen-bond donors (Lipinski definition) is 1. The summed E-state index contributed by atoms with van der Waals surface area (Å²) >= 11 is 3.56. The highest BCUT2D eigenvalue weighted by Gasteiger charge is 2.13. The molecule has 0 aliphatic heterocycles. The molecule has 2 aromatic rings. The van der Waals surface area contributed by atoms with Gasteiger partial charge in [0.2, 0.25) is 0 Å². The van der Waals surface area contributed by atoms with Gasteiger partial charge < -0.3 is 19.5 Å². The summed E-state index contributed by atoms with van der Waals surface area (Å²) < 4.78 is 17.3. The molecule has 0 amide bonds. The smallest absolute Gasteiger partial charge is 0.175 e. The molecule has 0 saturated carbocycles. The van der Waals surface area contributed by atoms with E-state index in [0.29, 0.717) is 6.54 Å². The van der Waals surface area contributed by atoms with Gasteiger partial charge in [0.1, 0.15) is 5.75 Å². The van der Waals surface area contributed by atoms with Gasteiger partial charge in [-0.2, -0.15) is 0 Å². The molecule has 0 heterocycles. The molecule has 0 unspecified atom stereocenters. The molecule has 4 nitrogen and oxygen atoms in total. The zero-order chi connectivity index (χ0) is 16.8. The van der Waals surface area contributed by atoms with E-state index in [0.717, 1.165) is 33.0 Å². The summed E-state index contributed by atoms with van der Waals surface area (Å²) in [4.78, 5) is 0. The fourth-order valence-electron chi connectivity index (χ4n) is 2.14. The third-order valence-corrected chi connectivity index (χ3v) is 3.82. The van der Waals surface area contributed by atoms with E-state index in [1.807, 2.05) is 50.2 Å². The van der Waals surface area contributed by atoms with E-state index in [9.17, 15) is 0 Å². The summed E-state index contributed by atoms with van der Waals surface area (Å²) in [7, 11) is 3.31. The van der Waals surface area contributed by atoms with Gasteiger partial charge in [-0.3, -0.25) is 0 Å². The van der Waals surface area contributed by atoms with Crippen molar-refractivity contribution in [2.45, 2.75) is 26.5 Å². The molecule has 0 radical (unpaired) electrons. The van der Waals surface area contributed by atoms with Crippen LogP contribution in [0.25, 0.3) is 0 Å². The molecule has 0 aliphatic carbocycles. The number of rotatable bonds is 7. The van der Waals surface area contributed by atoms with Crippen molar-refractivity contribution in [1.29, 1.82) is 0 Å². The Bertz CT molecular complexity index is 641. The second kappa shape index (κ2) is 8.11. The first-order chi connectivity index (χ1) is 11.0. The first kappa shape index (κ1) is 17.5. The van der Waals surface area contributed by atoms with Gasteiger partial charge in [0.15, 0.2) is 11.5 Å². The first-order valence-electron chi connectivity index (χ1n) is 7.44. The number of hydrogen-bond acceptors (Lipinski definition) is 4. The molecule has 0 spiro atoms. The van der Waals surface area contributed by atoms with Crippen LogP contribution in [0.2, 0.25) is 0 Å². The van der Waals surface area contributed by atoms with Crippen LogP contribution in [0.3, 0.4) is 0 Å². The van der Waals surface area contributed by atoms with E-state index >= 15 is 0 Å². The third kappa shape index (κ3) is 4.79. The summed E-state index contributed by atoms with van der Waals surface area (Å²) in [6.07, 6.45) is 0.0866. The summed E-state index contributed by atoms with van der Waals surface area (Å²) in [6, 6.07) is 11.9. The molecule has 2 rings (SSSR count). The number of benzene rings is 2. The van der Waals surface area contributed by atoms with Crippen LogP contribution in [0.4, 0.5) is 5.69 Å². The normalized spacial score (nSPS) is 10.5. The van der Waals surface area contributed by atoms with E-state index in [1.54, 1.807) is 14.2 Å². The lowest BCUT2D eigenvalue weighted by atomic mass is 10.2. The fourth-order valence-corrected chi connectivity index (χ4v) is 2.72. The maximum Gasteiger partial charge on any atom is 0.175 e. The molecular formula is C18H22BrNO3. The van der Waals surface area contributed by atoms with Crippen molar-refractivity contribution >= 4 is 21.6 Å². The minimum Gasteiger partial charge on any atom is -0.497 e. The van der Waals surface area contributed by atoms with Gasteiger partial charge >= 0.3 is 0 Å². The summed E-state index contributed by atoms with van der Waals surface area (Å²) in [6.45, 7) is 4.67. The molecular weight excluding hydrogens is 358 g/mol. The first-order valence-corrected chi connectivity index (χ1v) is 8.23. The highest BCUT2D eigenvalue weighted by atomic mass is 79.9. The lowest BCUT2D eigenvalue weighted by Gasteiger charge is -2.17. The Hall–Kier alpha value is -1.88. The van der Waals surface area contributed by atoms with Crippen molar-refractivity contribution in [3.05, 3.63) is 46.4 Å². The second-order valence-electron chi connectivity index (χ2n) is 5.36. The zero-order valence-corrected chi connectivity index (χ0v) is 15.4. The lowest BCUT2D eigenvalue weighted by molar-refractivity contribution is 0.228. The molecule has 2 aromatic carbocycles. The maximum atomic E-state index is 5.80. The lowest BCUT2D eigenvalue weighted by Crippen LogP contribution is -2.08. The van der Waals surface area contributed by atoms with Crippen molar-refractivity contribution in [3.63, 3.8) is 0 Å². The van der Waals surface area contributed by atoms with Crippen LogP contribution in [0.1, 0.15) is 19.4 Å². The van der Waals surface area contributed by atoms with Gasteiger partial charge in [0, 0.05) is 12.2 Å². The molecule has 0 atom stereocenters. The van der Waals surface area contributed by atoms with Crippen LogP contribution in [-0.2, 0) is 6.54 Å². The van der Waals surface area contributed by atoms with Crippen LogP contribution in [-0.4, -0.2) is 20.3 Å². The van der Waals surface area contributed by atoms with Gasteiger partial charge in [-0.1, -0.05) is 0 Å². The molecule has 0 aromatic heterocycles. The van der Waals surface area contributed by atoms with E-state index in [4.69, 9.17) is 14.2 Å². The Morgan fingerprint density at radius 3 is 2.30 bits per heavy atom. The average molecular weight is 380 g/mol. The Morgan fingerprint density at radius 2 is 1.74 bits per heavy atom. The highest BCUT2D eigenvalue weighted by molar-refractivity contribution is 9.10. The van der Waals surface area contributed by atoms with Gasteiger partial charge in [-0.05, 0) is 71.7 Å². The third-order valence-electron chi connectivity index (χ3n) is 3.23. The van der Waals surface area contributed by atoms with Gasteiger partial charge in [-0.25, -0.2) is 0 Å². The minimum atomic E-state index is 0.0866. The fraction of sp³-hybridized carbons (Fsp3) is 0.333. The zero-order valence-electron chi connectivity index (χ0n) is 13.9. The summed E-state index contributed by atoms with van der Waals surface area (Å²) in [5.74, 6) is 2.30. The maximum absolute atomic E-state index is 5.80.